The zero-order valence-corrected chi connectivity index (χ0v) is 10.7. The minimum Gasteiger partial charge on any atom is -0.465 e. The molecule has 0 aromatic heterocycles. The zero-order chi connectivity index (χ0) is 17.3. The number of Topliss-reactive ketones (excluding diaryl/α,β-unsaturated/α-hetero) is 1. The number of esters is 1. The molecule has 10 heteroatoms. The van der Waals surface area contributed by atoms with Crippen LogP contribution >= 0.6 is 0 Å². The number of benzene rings is 1. The first kappa shape index (κ1) is 17.9. The minimum atomic E-state index is -6.60. The van der Waals surface area contributed by atoms with Crippen LogP contribution in [-0.4, -0.2) is 36.9 Å². The molecule has 0 heterocycles. The Kier molecular flexibility index (Phi) is 4.54. The fourth-order valence-corrected chi connectivity index (χ4v) is 1.38. The van der Waals surface area contributed by atoms with Crippen LogP contribution in [0.25, 0.3) is 0 Å². The summed E-state index contributed by atoms with van der Waals surface area (Å²) in [5, 5.41) is 0. The highest BCUT2D eigenvalue weighted by molar-refractivity contribution is 6.02. The molecule has 0 N–H and O–H groups in total. The number of alkyl halides is 7. The Hall–Kier alpha value is -2.13. The summed E-state index contributed by atoms with van der Waals surface area (Å²) >= 11 is 0. The van der Waals surface area contributed by atoms with Gasteiger partial charge in [0.05, 0.1) is 12.7 Å². The van der Waals surface area contributed by atoms with Crippen LogP contribution in [0.1, 0.15) is 20.7 Å². The summed E-state index contributed by atoms with van der Waals surface area (Å²) in [6.07, 6.45) is -6.60. The summed E-state index contributed by atoms with van der Waals surface area (Å²) in [5.41, 5.74) is -1.31. The van der Waals surface area contributed by atoms with Gasteiger partial charge in [-0.25, -0.2) is 4.79 Å². The summed E-state index contributed by atoms with van der Waals surface area (Å²) in [7, 11) is 0.999. The molecule has 0 aliphatic rings. The van der Waals surface area contributed by atoms with Crippen molar-refractivity contribution in [3.63, 3.8) is 0 Å². The van der Waals surface area contributed by atoms with Crippen molar-refractivity contribution >= 4 is 11.8 Å². The average Bonchev–Trinajstić information content (AvgIpc) is 2.44. The first-order chi connectivity index (χ1) is 9.86. The summed E-state index contributed by atoms with van der Waals surface area (Å²) in [4.78, 5) is 22.3. The Balaban J connectivity index is 3.17. The van der Waals surface area contributed by atoms with Crippen molar-refractivity contribution < 1.29 is 45.1 Å². The second-order valence-electron chi connectivity index (χ2n) is 4.04. The second-order valence-corrected chi connectivity index (χ2v) is 4.04. The lowest BCUT2D eigenvalue weighted by Crippen LogP contribution is -2.56. The summed E-state index contributed by atoms with van der Waals surface area (Å²) < 4.78 is 92.0. The largest absolute Gasteiger partial charge is 0.465 e. The van der Waals surface area contributed by atoms with E-state index in [0.29, 0.717) is 12.1 Å². The Bertz CT molecular complexity index is 575. The van der Waals surface area contributed by atoms with Gasteiger partial charge in [0.1, 0.15) is 0 Å². The molecule has 0 amide bonds. The van der Waals surface area contributed by atoms with E-state index in [1.807, 2.05) is 0 Å². The fourth-order valence-electron chi connectivity index (χ4n) is 1.38. The highest BCUT2D eigenvalue weighted by Crippen LogP contribution is 2.47. The number of hydrogen-bond donors (Lipinski definition) is 0. The van der Waals surface area contributed by atoms with Crippen LogP contribution in [0.4, 0.5) is 30.7 Å². The van der Waals surface area contributed by atoms with Gasteiger partial charge in [0.25, 0.3) is 0 Å². The van der Waals surface area contributed by atoms with E-state index in [-0.39, 0.29) is 5.56 Å². The van der Waals surface area contributed by atoms with Gasteiger partial charge in [0, 0.05) is 5.56 Å². The van der Waals surface area contributed by atoms with Crippen molar-refractivity contribution in [2.45, 2.75) is 18.0 Å². The van der Waals surface area contributed by atoms with Crippen LogP contribution in [0.15, 0.2) is 24.3 Å². The molecule has 1 aromatic rings. The SMILES string of the molecule is COC(=O)c1ccc(C(=O)C(F)(F)C(F)(F)C(F)(F)F)cc1. The van der Waals surface area contributed by atoms with Gasteiger partial charge >= 0.3 is 24.0 Å². The zero-order valence-electron chi connectivity index (χ0n) is 10.7. The van der Waals surface area contributed by atoms with Gasteiger partial charge in [-0.15, -0.1) is 0 Å². The molecule has 0 fully saturated rings. The van der Waals surface area contributed by atoms with Gasteiger partial charge in [0.2, 0.25) is 5.78 Å². The van der Waals surface area contributed by atoms with Gasteiger partial charge in [-0.3, -0.25) is 4.79 Å². The fraction of sp³-hybridized carbons (Fsp3) is 0.333. The Morgan fingerprint density at radius 3 is 1.64 bits per heavy atom. The van der Waals surface area contributed by atoms with Crippen molar-refractivity contribution in [3.05, 3.63) is 35.4 Å². The van der Waals surface area contributed by atoms with E-state index in [4.69, 9.17) is 0 Å². The summed E-state index contributed by atoms with van der Waals surface area (Å²) in [6.45, 7) is 0. The molecule has 3 nitrogen and oxygen atoms in total. The quantitative estimate of drug-likeness (QED) is 0.482. The molecule has 22 heavy (non-hydrogen) atoms. The summed E-state index contributed by atoms with van der Waals surface area (Å²) in [6, 6.07) is 2.60. The maximum atomic E-state index is 13.2. The van der Waals surface area contributed by atoms with Crippen LogP contribution in [-0.2, 0) is 4.74 Å². The third kappa shape index (κ3) is 2.90. The van der Waals surface area contributed by atoms with E-state index >= 15 is 0 Å². The van der Waals surface area contributed by atoms with Gasteiger partial charge in [0.15, 0.2) is 0 Å². The number of rotatable bonds is 4. The Labute approximate surface area is 118 Å². The molecule has 0 aliphatic carbocycles. The van der Waals surface area contributed by atoms with Crippen LogP contribution < -0.4 is 0 Å². The van der Waals surface area contributed by atoms with Crippen molar-refractivity contribution in [3.8, 4) is 0 Å². The van der Waals surface area contributed by atoms with E-state index in [9.17, 15) is 40.3 Å². The third-order valence-electron chi connectivity index (χ3n) is 2.60. The molecule has 1 rings (SSSR count). The van der Waals surface area contributed by atoms with E-state index in [0.717, 1.165) is 19.2 Å². The predicted octanol–water partition coefficient (Wildman–Crippen LogP) is 3.49. The Morgan fingerprint density at radius 2 is 1.27 bits per heavy atom. The normalized spacial score (nSPS) is 12.9. The average molecular weight is 332 g/mol. The molecule has 0 radical (unpaired) electrons. The lowest BCUT2D eigenvalue weighted by Gasteiger charge is -2.26. The standard InChI is InChI=1S/C12H7F7O3/c1-22-9(21)7-4-2-6(3-5-7)8(20)10(13,14)11(15,16)12(17,18)19/h2-5H,1H3. The molecule has 0 saturated carbocycles. The molecule has 0 spiro atoms. The lowest BCUT2D eigenvalue weighted by atomic mass is 9.99. The molecular weight excluding hydrogens is 325 g/mol. The number of methoxy groups -OCH3 is 1. The highest BCUT2D eigenvalue weighted by atomic mass is 19.4. The molecule has 0 bridgehead atoms. The molecule has 0 atom stereocenters. The number of ether oxygens (including phenoxy) is 1. The molecule has 0 saturated heterocycles. The van der Waals surface area contributed by atoms with Crippen LogP contribution in [0.3, 0.4) is 0 Å². The Morgan fingerprint density at radius 1 is 0.864 bits per heavy atom. The number of hydrogen-bond acceptors (Lipinski definition) is 3. The number of ketones is 1. The van der Waals surface area contributed by atoms with Crippen molar-refractivity contribution in [1.29, 1.82) is 0 Å². The van der Waals surface area contributed by atoms with Gasteiger partial charge in [-0.1, -0.05) is 12.1 Å². The van der Waals surface area contributed by atoms with Crippen molar-refractivity contribution in [2.24, 2.45) is 0 Å². The molecule has 0 unspecified atom stereocenters. The van der Waals surface area contributed by atoms with Gasteiger partial charge in [-0.2, -0.15) is 30.7 Å². The molecule has 0 aliphatic heterocycles. The topological polar surface area (TPSA) is 43.4 Å². The van der Waals surface area contributed by atoms with E-state index < -0.39 is 35.3 Å². The van der Waals surface area contributed by atoms with Gasteiger partial charge in [-0.05, 0) is 12.1 Å². The van der Waals surface area contributed by atoms with Crippen LogP contribution in [0, 0.1) is 0 Å². The summed E-state index contributed by atoms with van der Waals surface area (Å²) in [5.74, 6) is -16.1. The minimum absolute atomic E-state index is 0.204. The van der Waals surface area contributed by atoms with Crippen LogP contribution in [0.5, 0.6) is 0 Å². The lowest BCUT2D eigenvalue weighted by molar-refractivity contribution is -0.339. The van der Waals surface area contributed by atoms with Crippen molar-refractivity contribution in [2.75, 3.05) is 7.11 Å². The first-order valence-electron chi connectivity index (χ1n) is 5.41. The molecule has 122 valence electrons. The first-order valence-corrected chi connectivity index (χ1v) is 5.41. The number of carbonyl (C=O) groups is 2. The van der Waals surface area contributed by atoms with E-state index in [1.165, 1.54) is 0 Å². The van der Waals surface area contributed by atoms with E-state index in [1.54, 1.807) is 0 Å². The number of carbonyl (C=O) groups excluding carboxylic acids is 2. The highest BCUT2D eigenvalue weighted by Gasteiger charge is 2.76. The van der Waals surface area contributed by atoms with Crippen molar-refractivity contribution in [1.82, 2.24) is 0 Å². The maximum Gasteiger partial charge on any atom is 0.460 e. The predicted molar refractivity (Wildman–Crippen MR) is 58.1 cm³/mol. The third-order valence-corrected chi connectivity index (χ3v) is 2.60. The molecular formula is C12H7F7O3. The van der Waals surface area contributed by atoms with Gasteiger partial charge < -0.3 is 4.74 Å². The molecule has 1 aromatic carbocycles. The maximum absolute atomic E-state index is 13.2. The second kappa shape index (κ2) is 5.58. The smallest absolute Gasteiger partial charge is 0.460 e. The van der Waals surface area contributed by atoms with E-state index in [2.05, 4.69) is 4.74 Å². The number of halogens is 7. The van der Waals surface area contributed by atoms with Crippen LogP contribution in [0.2, 0.25) is 0 Å². The monoisotopic (exact) mass is 332 g/mol.